The van der Waals surface area contributed by atoms with Crippen LogP contribution in [0.5, 0.6) is 0 Å². The number of primary amides is 1. The lowest BCUT2D eigenvalue weighted by Gasteiger charge is -2.27. The standard InChI is InChI=1S/C17H22N6O2/c1-12(23-7-6-13-4-2-3-5-15(13)23)8-19-17(25)21-14-9-20-22(10-14)11-16(18)24/h2-5,9-10,12H,6-8,11H2,1H3,(H2,18,24)(H2,19,21,25). The summed E-state index contributed by atoms with van der Waals surface area (Å²) in [5, 5.41) is 9.52. The predicted octanol–water partition coefficient (Wildman–Crippen LogP) is 0.941. The summed E-state index contributed by atoms with van der Waals surface area (Å²) in [5.41, 5.74) is 8.21. The van der Waals surface area contributed by atoms with E-state index < -0.39 is 5.91 Å². The van der Waals surface area contributed by atoms with Crippen molar-refractivity contribution in [2.75, 3.05) is 23.3 Å². The van der Waals surface area contributed by atoms with Crippen LogP contribution < -0.4 is 21.3 Å². The van der Waals surface area contributed by atoms with Gasteiger partial charge in [0.2, 0.25) is 5.91 Å². The van der Waals surface area contributed by atoms with Gasteiger partial charge < -0.3 is 21.3 Å². The first-order chi connectivity index (χ1) is 12.0. The van der Waals surface area contributed by atoms with Gasteiger partial charge in [-0.25, -0.2) is 4.79 Å². The maximum absolute atomic E-state index is 12.0. The molecule has 132 valence electrons. The van der Waals surface area contributed by atoms with Gasteiger partial charge in [-0.3, -0.25) is 9.48 Å². The first-order valence-electron chi connectivity index (χ1n) is 8.23. The van der Waals surface area contributed by atoms with E-state index in [4.69, 9.17) is 5.73 Å². The van der Waals surface area contributed by atoms with E-state index in [1.165, 1.54) is 22.1 Å². The average molecular weight is 342 g/mol. The summed E-state index contributed by atoms with van der Waals surface area (Å²) < 4.78 is 1.38. The topological polar surface area (TPSA) is 105 Å². The Kier molecular flexibility index (Phi) is 4.87. The fourth-order valence-electron chi connectivity index (χ4n) is 3.02. The van der Waals surface area contributed by atoms with Crippen molar-refractivity contribution in [3.05, 3.63) is 42.2 Å². The van der Waals surface area contributed by atoms with Crippen LogP contribution in [0.15, 0.2) is 36.7 Å². The van der Waals surface area contributed by atoms with Crippen molar-refractivity contribution < 1.29 is 9.59 Å². The van der Waals surface area contributed by atoms with Crippen LogP contribution in [-0.2, 0) is 17.8 Å². The van der Waals surface area contributed by atoms with Gasteiger partial charge >= 0.3 is 6.03 Å². The van der Waals surface area contributed by atoms with Crippen LogP contribution in [0.4, 0.5) is 16.2 Å². The third-order valence-electron chi connectivity index (χ3n) is 4.22. The van der Waals surface area contributed by atoms with Gasteiger partial charge in [0.05, 0.1) is 11.9 Å². The number of amides is 3. The summed E-state index contributed by atoms with van der Waals surface area (Å²) in [4.78, 5) is 25.2. The van der Waals surface area contributed by atoms with Crippen LogP contribution in [0.1, 0.15) is 12.5 Å². The van der Waals surface area contributed by atoms with Gasteiger partial charge in [-0.2, -0.15) is 5.10 Å². The van der Waals surface area contributed by atoms with Gasteiger partial charge in [0.25, 0.3) is 0 Å². The number of benzene rings is 1. The number of anilines is 2. The van der Waals surface area contributed by atoms with E-state index in [9.17, 15) is 9.59 Å². The van der Waals surface area contributed by atoms with Gasteiger partial charge in [0.15, 0.2) is 0 Å². The number of aromatic nitrogens is 2. The zero-order valence-electron chi connectivity index (χ0n) is 14.1. The second-order valence-corrected chi connectivity index (χ2v) is 6.15. The first kappa shape index (κ1) is 16.8. The highest BCUT2D eigenvalue weighted by atomic mass is 16.2. The maximum atomic E-state index is 12.0. The molecule has 1 aromatic carbocycles. The molecule has 2 aromatic rings. The fourth-order valence-corrected chi connectivity index (χ4v) is 3.02. The molecule has 3 amide bonds. The van der Waals surface area contributed by atoms with Crippen LogP contribution in [0.25, 0.3) is 0 Å². The lowest BCUT2D eigenvalue weighted by Crippen LogP contribution is -2.42. The highest BCUT2D eigenvalue weighted by Gasteiger charge is 2.23. The van der Waals surface area contributed by atoms with E-state index in [1.807, 2.05) is 6.07 Å². The summed E-state index contributed by atoms with van der Waals surface area (Å²) in [6, 6.07) is 8.23. The highest BCUT2D eigenvalue weighted by molar-refractivity contribution is 5.89. The number of nitrogens with one attached hydrogen (secondary N) is 2. The minimum absolute atomic E-state index is 0.0191. The number of carbonyl (C=O) groups is 2. The molecule has 0 radical (unpaired) electrons. The molecule has 0 bridgehead atoms. The van der Waals surface area contributed by atoms with Gasteiger partial charge in [-0.15, -0.1) is 0 Å². The Morgan fingerprint density at radius 1 is 1.36 bits per heavy atom. The molecule has 0 saturated heterocycles. The zero-order chi connectivity index (χ0) is 17.8. The van der Waals surface area contributed by atoms with Crippen molar-refractivity contribution in [3.8, 4) is 0 Å². The molecule has 25 heavy (non-hydrogen) atoms. The predicted molar refractivity (Wildman–Crippen MR) is 95.4 cm³/mol. The number of rotatable bonds is 6. The largest absolute Gasteiger partial charge is 0.368 e. The quantitative estimate of drug-likeness (QED) is 0.726. The van der Waals surface area contributed by atoms with Crippen molar-refractivity contribution in [3.63, 3.8) is 0 Å². The fraction of sp³-hybridized carbons (Fsp3) is 0.353. The van der Waals surface area contributed by atoms with E-state index in [0.29, 0.717) is 12.2 Å². The Morgan fingerprint density at radius 2 is 2.16 bits per heavy atom. The number of hydrogen-bond donors (Lipinski definition) is 3. The number of nitrogens with two attached hydrogens (primary N) is 1. The summed E-state index contributed by atoms with van der Waals surface area (Å²) in [5.74, 6) is -0.487. The third kappa shape index (κ3) is 4.09. The molecule has 0 saturated carbocycles. The second kappa shape index (κ2) is 7.25. The van der Waals surface area contributed by atoms with Gasteiger partial charge in [-0.1, -0.05) is 18.2 Å². The van der Waals surface area contributed by atoms with Gasteiger partial charge in [0.1, 0.15) is 6.54 Å². The van der Waals surface area contributed by atoms with Crippen LogP contribution in [0.3, 0.4) is 0 Å². The van der Waals surface area contributed by atoms with E-state index >= 15 is 0 Å². The molecule has 2 heterocycles. The summed E-state index contributed by atoms with van der Waals surface area (Å²) in [7, 11) is 0. The van der Waals surface area contributed by atoms with E-state index in [-0.39, 0.29) is 18.6 Å². The Morgan fingerprint density at radius 3 is 2.96 bits per heavy atom. The van der Waals surface area contributed by atoms with Gasteiger partial charge in [0, 0.05) is 31.0 Å². The molecular formula is C17H22N6O2. The Bertz CT molecular complexity index is 772. The maximum Gasteiger partial charge on any atom is 0.319 e. The minimum Gasteiger partial charge on any atom is -0.368 e. The summed E-state index contributed by atoms with van der Waals surface area (Å²) in [6.45, 7) is 3.56. The van der Waals surface area contributed by atoms with Gasteiger partial charge in [-0.05, 0) is 25.0 Å². The zero-order valence-corrected chi connectivity index (χ0v) is 14.1. The Hall–Kier alpha value is -3.03. The van der Waals surface area contributed by atoms with E-state index in [2.05, 4.69) is 45.8 Å². The lowest BCUT2D eigenvalue weighted by atomic mass is 10.2. The number of nitrogens with zero attached hydrogens (tertiary/aromatic N) is 3. The summed E-state index contributed by atoms with van der Waals surface area (Å²) >= 11 is 0. The molecule has 1 aliphatic rings. The molecule has 1 unspecified atom stereocenters. The molecule has 0 fully saturated rings. The second-order valence-electron chi connectivity index (χ2n) is 6.15. The molecule has 1 aromatic heterocycles. The molecule has 0 aliphatic carbocycles. The molecule has 8 heteroatoms. The molecule has 3 rings (SSSR count). The number of para-hydroxylation sites is 1. The monoisotopic (exact) mass is 342 g/mol. The SMILES string of the molecule is CC(CNC(=O)Nc1cnn(CC(N)=O)c1)N1CCc2ccccc21. The molecule has 0 spiro atoms. The highest BCUT2D eigenvalue weighted by Crippen LogP contribution is 2.28. The minimum atomic E-state index is -0.487. The molecule has 1 aliphatic heterocycles. The number of urea groups is 1. The van der Waals surface area contributed by atoms with Crippen molar-refractivity contribution >= 4 is 23.3 Å². The normalized spacial score (nSPS) is 14.0. The number of fused-ring (bicyclic) bond motifs is 1. The van der Waals surface area contributed by atoms with E-state index in [1.54, 1.807) is 6.20 Å². The Labute approximate surface area is 146 Å². The molecule has 8 nitrogen and oxygen atoms in total. The van der Waals surface area contributed by atoms with Crippen molar-refractivity contribution in [1.29, 1.82) is 0 Å². The van der Waals surface area contributed by atoms with Crippen LogP contribution in [0.2, 0.25) is 0 Å². The molecule has 1 atom stereocenters. The van der Waals surface area contributed by atoms with Crippen molar-refractivity contribution in [1.82, 2.24) is 15.1 Å². The van der Waals surface area contributed by atoms with Crippen molar-refractivity contribution in [2.24, 2.45) is 5.73 Å². The van der Waals surface area contributed by atoms with Crippen LogP contribution >= 0.6 is 0 Å². The van der Waals surface area contributed by atoms with Crippen LogP contribution in [0, 0.1) is 0 Å². The molecular weight excluding hydrogens is 320 g/mol. The number of hydrogen-bond acceptors (Lipinski definition) is 4. The summed E-state index contributed by atoms with van der Waals surface area (Å²) in [6.07, 6.45) is 4.07. The third-order valence-corrected chi connectivity index (χ3v) is 4.22. The average Bonchev–Trinajstić information content (AvgIpc) is 3.19. The Balaban J connectivity index is 1.49. The smallest absolute Gasteiger partial charge is 0.319 e. The molecule has 4 N–H and O–H groups in total. The first-order valence-corrected chi connectivity index (χ1v) is 8.23. The lowest BCUT2D eigenvalue weighted by molar-refractivity contribution is -0.118. The number of carbonyl (C=O) groups excluding carboxylic acids is 2. The van der Waals surface area contributed by atoms with E-state index in [0.717, 1.165) is 13.0 Å². The van der Waals surface area contributed by atoms with Crippen LogP contribution in [-0.4, -0.2) is 40.9 Å². The van der Waals surface area contributed by atoms with Crippen molar-refractivity contribution in [2.45, 2.75) is 25.9 Å².